The maximum Gasteiger partial charge on any atom is 0.416 e. The molecule has 9 heteroatoms. The zero-order valence-corrected chi connectivity index (χ0v) is 15.6. The average Bonchev–Trinajstić information content (AvgIpc) is 2.71. The van der Waals surface area contributed by atoms with Gasteiger partial charge in [-0.1, -0.05) is 29.4 Å². The van der Waals surface area contributed by atoms with E-state index in [1.54, 1.807) is 13.0 Å². The van der Waals surface area contributed by atoms with E-state index in [0.717, 1.165) is 12.1 Å². The summed E-state index contributed by atoms with van der Waals surface area (Å²) in [5.74, 6) is -0.858. The molecule has 1 aromatic heterocycles. The van der Waals surface area contributed by atoms with Crippen molar-refractivity contribution in [2.24, 2.45) is 5.16 Å². The number of oxime groups is 1. The third-order valence-corrected chi connectivity index (χ3v) is 4.32. The van der Waals surface area contributed by atoms with Crippen LogP contribution in [-0.2, 0) is 6.18 Å². The lowest BCUT2D eigenvalue weighted by Gasteiger charge is -2.11. The molecule has 0 saturated heterocycles. The Labute approximate surface area is 169 Å². The van der Waals surface area contributed by atoms with Crippen LogP contribution in [-0.4, -0.2) is 26.9 Å². The number of amides is 1. The van der Waals surface area contributed by atoms with Gasteiger partial charge in [0.2, 0.25) is 0 Å². The standard InChI is InChI=1S/C21H16F3N3O3/c1-12-9-10-25-18(19(12)28)20(29)26-16-7-5-13(6-8-16)17(27-30)14-3-2-4-15(11-14)21(22,23)24/h2-11,28,30H,1H3,(H,26,29)/b27-17+. The second kappa shape index (κ2) is 8.24. The molecule has 0 fully saturated rings. The maximum absolute atomic E-state index is 12.9. The van der Waals surface area contributed by atoms with Crippen molar-refractivity contribution in [3.8, 4) is 5.75 Å². The molecule has 154 valence electrons. The number of aromatic nitrogens is 1. The Balaban J connectivity index is 1.82. The normalized spacial score (nSPS) is 11.9. The number of halogens is 3. The lowest BCUT2D eigenvalue weighted by molar-refractivity contribution is -0.137. The number of hydrogen-bond donors (Lipinski definition) is 3. The Morgan fingerprint density at radius 2 is 1.77 bits per heavy atom. The van der Waals surface area contributed by atoms with E-state index in [1.165, 1.54) is 42.6 Å². The minimum absolute atomic E-state index is 0.0584. The summed E-state index contributed by atoms with van der Waals surface area (Å²) in [5.41, 5.74) is 0.209. The lowest BCUT2D eigenvalue weighted by Crippen LogP contribution is -2.14. The van der Waals surface area contributed by atoms with Crippen molar-refractivity contribution in [3.63, 3.8) is 0 Å². The molecule has 3 aromatic rings. The van der Waals surface area contributed by atoms with E-state index in [0.29, 0.717) is 16.8 Å². The first kappa shape index (κ1) is 20.8. The summed E-state index contributed by atoms with van der Waals surface area (Å²) < 4.78 is 38.8. The highest BCUT2D eigenvalue weighted by Crippen LogP contribution is 2.30. The molecule has 3 rings (SSSR count). The first-order valence-corrected chi connectivity index (χ1v) is 8.66. The Morgan fingerprint density at radius 3 is 2.40 bits per heavy atom. The summed E-state index contributed by atoms with van der Waals surface area (Å²) in [6, 6.07) is 11.9. The zero-order valence-electron chi connectivity index (χ0n) is 15.6. The van der Waals surface area contributed by atoms with E-state index >= 15 is 0 Å². The predicted molar refractivity (Wildman–Crippen MR) is 104 cm³/mol. The molecule has 0 radical (unpaired) electrons. The molecule has 1 amide bonds. The van der Waals surface area contributed by atoms with Crippen molar-refractivity contribution in [1.29, 1.82) is 0 Å². The smallest absolute Gasteiger partial charge is 0.416 e. The summed E-state index contributed by atoms with van der Waals surface area (Å²) >= 11 is 0. The Hall–Kier alpha value is -3.88. The van der Waals surface area contributed by atoms with Gasteiger partial charge in [-0.15, -0.1) is 0 Å². The van der Waals surface area contributed by atoms with Gasteiger partial charge in [-0.3, -0.25) is 4.79 Å². The molecule has 30 heavy (non-hydrogen) atoms. The number of pyridine rings is 1. The molecule has 0 aliphatic heterocycles. The van der Waals surface area contributed by atoms with Crippen molar-refractivity contribution in [2.45, 2.75) is 13.1 Å². The molecule has 0 spiro atoms. The first-order chi connectivity index (χ1) is 14.2. The average molecular weight is 415 g/mol. The van der Waals surface area contributed by atoms with Gasteiger partial charge < -0.3 is 15.6 Å². The van der Waals surface area contributed by atoms with Crippen LogP contribution in [0.25, 0.3) is 0 Å². The summed E-state index contributed by atoms with van der Waals surface area (Å²) in [6.07, 6.45) is -3.13. The van der Waals surface area contributed by atoms with Crippen LogP contribution in [0.15, 0.2) is 65.9 Å². The number of anilines is 1. The van der Waals surface area contributed by atoms with Crippen LogP contribution in [0, 0.1) is 6.92 Å². The number of carbonyl (C=O) groups excluding carboxylic acids is 1. The van der Waals surface area contributed by atoms with Crippen LogP contribution < -0.4 is 5.32 Å². The highest BCUT2D eigenvalue weighted by Gasteiger charge is 2.30. The summed E-state index contributed by atoms with van der Waals surface area (Å²) in [5, 5.41) is 25.0. The van der Waals surface area contributed by atoms with Crippen LogP contribution in [0.4, 0.5) is 18.9 Å². The number of aryl methyl sites for hydroxylation is 1. The number of hydrogen-bond acceptors (Lipinski definition) is 5. The molecule has 1 heterocycles. The van der Waals surface area contributed by atoms with Gasteiger partial charge in [0, 0.05) is 23.0 Å². The van der Waals surface area contributed by atoms with Gasteiger partial charge in [0.05, 0.1) is 5.56 Å². The molecule has 0 atom stereocenters. The summed E-state index contributed by atoms with van der Waals surface area (Å²) in [7, 11) is 0. The minimum atomic E-state index is -4.53. The van der Waals surface area contributed by atoms with E-state index in [1.807, 2.05) is 0 Å². The molecule has 6 nitrogen and oxygen atoms in total. The van der Waals surface area contributed by atoms with Crippen molar-refractivity contribution in [3.05, 3.63) is 88.7 Å². The molecule has 0 aliphatic rings. The fourth-order valence-electron chi connectivity index (χ4n) is 2.74. The maximum atomic E-state index is 12.9. The molecule has 0 unspecified atom stereocenters. The predicted octanol–water partition coefficient (Wildman–Crippen LogP) is 4.59. The van der Waals surface area contributed by atoms with Gasteiger partial charge >= 0.3 is 6.18 Å². The van der Waals surface area contributed by atoms with Crippen molar-refractivity contribution in [2.75, 3.05) is 5.32 Å². The number of aromatic hydroxyl groups is 1. The van der Waals surface area contributed by atoms with Crippen LogP contribution >= 0.6 is 0 Å². The van der Waals surface area contributed by atoms with Crippen molar-refractivity contribution < 1.29 is 28.3 Å². The monoisotopic (exact) mass is 415 g/mol. The van der Waals surface area contributed by atoms with Gasteiger partial charge in [0.15, 0.2) is 5.69 Å². The van der Waals surface area contributed by atoms with Crippen molar-refractivity contribution >= 4 is 17.3 Å². The van der Waals surface area contributed by atoms with Crippen molar-refractivity contribution in [1.82, 2.24) is 4.98 Å². The fraction of sp³-hybridized carbons (Fsp3) is 0.0952. The Kier molecular flexibility index (Phi) is 5.72. The Bertz CT molecular complexity index is 1110. The van der Waals surface area contributed by atoms with Gasteiger partial charge in [-0.25, -0.2) is 4.98 Å². The first-order valence-electron chi connectivity index (χ1n) is 8.66. The molecule has 0 saturated carbocycles. The molecule has 3 N–H and O–H groups in total. The quantitative estimate of drug-likeness (QED) is 0.330. The third-order valence-electron chi connectivity index (χ3n) is 4.32. The fourth-order valence-corrected chi connectivity index (χ4v) is 2.74. The molecule has 2 aromatic carbocycles. The van der Waals surface area contributed by atoms with E-state index in [9.17, 15) is 28.3 Å². The topological polar surface area (TPSA) is 94.8 Å². The van der Waals surface area contributed by atoms with Crippen LogP contribution in [0.2, 0.25) is 0 Å². The highest BCUT2D eigenvalue weighted by molar-refractivity contribution is 6.13. The molecular weight excluding hydrogens is 399 g/mol. The largest absolute Gasteiger partial charge is 0.505 e. The lowest BCUT2D eigenvalue weighted by atomic mass is 10.00. The third kappa shape index (κ3) is 4.40. The highest BCUT2D eigenvalue weighted by atomic mass is 19.4. The number of alkyl halides is 3. The van der Waals surface area contributed by atoms with E-state index < -0.39 is 17.6 Å². The summed E-state index contributed by atoms with van der Waals surface area (Å²) in [6.45, 7) is 1.63. The number of carbonyl (C=O) groups is 1. The van der Waals surface area contributed by atoms with Crippen LogP contribution in [0.3, 0.4) is 0 Å². The SMILES string of the molecule is Cc1ccnc(C(=O)Nc2ccc(/C(=N\O)c3cccc(C(F)(F)F)c3)cc2)c1O. The number of benzene rings is 2. The number of nitrogens with zero attached hydrogens (tertiary/aromatic N) is 2. The summed E-state index contributed by atoms with van der Waals surface area (Å²) in [4.78, 5) is 16.2. The molecule has 0 aliphatic carbocycles. The van der Waals surface area contributed by atoms with Crippen LogP contribution in [0.5, 0.6) is 5.75 Å². The van der Waals surface area contributed by atoms with Crippen LogP contribution in [0.1, 0.15) is 32.7 Å². The van der Waals surface area contributed by atoms with E-state index in [-0.39, 0.29) is 22.7 Å². The molecule has 0 bridgehead atoms. The minimum Gasteiger partial charge on any atom is -0.505 e. The van der Waals surface area contributed by atoms with E-state index in [2.05, 4.69) is 15.5 Å². The van der Waals surface area contributed by atoms with Gasteiger partial charge in [-0.2, -0.15) is 13.2 Å². The zero-order chi connectivity index (χ0) is 21.9. The Morgan fingerprint density at radius 1 is 1.07 bits per heavy atom. The van der Waals surface area contributed by atoms with Gasteiger partial charge in [0.1, 0.15) is 11.5 Å². The second-order valence-electron chi connectivity index (χ2n) is 6.38. The number of rotatable bonds is 4. The second-order valence-corrected chi connectivity index (χ2v) is 6.38. The van der Waals surface area contributed by atoms with Gasteiger partial charge in [0.25, 0.3) is 5.91 Å². The molecular formula is C21H16F3N3O3. The van der Waals surface area contributed by atoms with Gasteiger partial charge in [-0.05, 0) is 42.8 Å². The van der Waals surface area contributed by atoms with E-state index in [4.69, 9.17) is 0 Å². The number of nitrogens with one attached hydrogen (secondary N) is 1.